The number of benzene rings is 1. The minimum Gasteiger partial charge on any atom is -0.372 e. The number of nitrogens with zero attached hydrogens (tertiary/aromatic N) is 1. The van der Waals surface area contributed by atoms with Crippen LogP contribution in [0.15, 0.2) is 29.2 Å². The fraction of sp³-hybridized carbons (Fsp3) is 0.500. The van der Waals surface area contributed by atoms with E-state index in [0.29, 0.717) is 0 Å². The normalized spacial score (nSPS) is 21.4. The maximum atomic E-state index is 12.6. The van der Waals surface area contributed by atoms with E-state index >= 15 is 0 Å². The van der Waals surface area contributed by atoms with Crippen molar-refractivity contribution in [2.45, 2.75) is 23.9 Å². The number of anilines is 1. The summed E-state index contributed by atoms with van der Waals surface area (Å²) in [7, 11) is -9.71. The van der Waals surface area contributed by atoms with Gasteiger partial charge in [-0.05, 0) is 37.1 Å². The van der Waals surface area contributed by atoms with E-state index in [9.17, 15) is 32.6 Å². The number of hydrogen-bond acceptors (Lipinski definition) is 1. The number of hydrogen-bond donors (Lipinski definition) is 0. The molecule has 22 heavy (non-hydrogen) atoms. The van der Waals surface area contributed by atoms with Gasteiger partial charge in [0.2, 0.25) is 0 Å². The molecule has 0 N–H and O–H groups in total. The average molecular weight is 355 g/mol. The van der Waals surface area contributed by atoms with Crippen molar-refractivity contribution < 1.29 is 32.6 Å². The summed E-state index contributed by atoms with van der Waals surface area (Å²) in [6, 6.07) is 2.27. The first-order valence-corrected chi connectivity index (χ1v) is 8.28. The molecule has 0 atom stereocenters. The van der Waals surface area contributed by atoms with Gasteiger partial charge < -0.3 is 4.90 Å². The minimum atomic E-state index is -9.71. The predicted octanol–water partition coefficient (Wildman–Crippen LogP) is 6.12. The highest BCUT2D eigenvalue weighted by Crippen LogP contribution is 3.02. The van der Waals surface area contributed by atoms with Gasteiger partial charge in [-0.1, -0.05) is 19.4 Å². The first-order chi connectivity index (χ1) is 9.66. The summed E-state index contributed by atoms with van der Waals surface area (Å²) < 4.78 is 100. The Morgan fingerprint density at radius 1 is 0.864 bits per heavy atom. The summed E-state index contributed by atoms with van der Waals surface area (Å²) in [5.41, 5.74) is 0.200. The van der Waals surface area contributed by atoms with Crippen LogP contribution < -0.4 is 4.90 Å². The van der Waals surface area contributed by atoms with Crippen molar-refractivity contribution in [3.05, 3.63) is 24.3 Å². The highest BCUT2D eigenvalue weighted by molar-refractivity contribution is 8.45. The van der Waals surface area contributed by atoms with Crippen LogP contribution in [0.4, 0.5) is 38.3 Å². The number of halogens is 8. The lowest BCUT2D eigenvalue weighted by molar-refractivity contribution is -0.179. The zero-order valence-electron chi connectivity index (χ0n) is 11.1. The van der Waals surface area contributed by atoms with E-state index in [-0.39, 0.29) is 43.8 Å². The van der Waals surface area contributed by atoms with E-state index in [1.54, 1.807) is 0 Å². The monoisotopic (exact) mass is 355 g/mol. The van der Waals surface area contributed by atoms with Crippen LogP contribution in [0.3, 0.4) is 0 Å². The third-order valence-corrected chi connectivity index (χ3v) is 4.77. The lowest BCUT2D eigenvalue weighted by Gasteiger charge is -2.41. The van der Waals surface area contributed by atoms with Gasteiger partial charge in [0, 0.05) is 18.8 Å². The Kier molecular flexibility index (Phi) is 3.45. The van der Waals surface area contributed by atoms with Gasteiger partial charge in [0.1, 0.15) is 4.90 Å². The third-order valence-electron chi connectivity index (χ3n) is 3.61. The molecule has 0 radical (unpaired) electrons. The second kappa shape index (κ2) is 4.42. The lowest BCUT2D eigenvalue weighted by Crippen LogP contribution is -2.39. The van der Waals surface area contributed by atoms with Crippen molar-refractivity contribution in [1.82, 2.24) is 0 Å². The highest BCUT2D eigenvalue weighted by Gasteiger charge is 2.65. The maximum absolute atomic E-state index is 12.6. The number of rotatable bonds is 2. The fourth-order valence-corrected chi connectivity index (χ4v) is 3.03. The molecule has 0 aromatic heterocycles. The molecular weight excluding hydrogens is 342 g/mol. The Morgan fingerprint density at radius 3 is 1.68 bits per heavy atom. The largest absolute Gasteiger partial charge is 0.391 e. The Balaban J connectivity index is 2.11. The SMILES string of the molecule is FC(F)(F)C1CCN(c2ccc(S(F)(F)(F)(F)F)cc2)CC1. The van der Waals surface area contributed by atoms with Gasteiger partial charge in [-0.2, -0.15) is 13.2 Å². The van der Waals surface area contributed by atoms with Crippen molar-refractivity contribution >= 4 is 15.9 Å². The van der Waals surface area contributed by atoms with Gasteiger partial charge in [0.05, 0.1) is 5.92 Å². The van der Waals surface area contributed by atoms with Crippen LogP contribution >= 0.6 is 10.2 Å². The standard InChI is InChI=1S/C12H13F8NS/c13-12(14,15)9-5-7-21(8-6-9)10-1-3-11(4-2-10)22(16,17,18,19)20/h1-4,9H,5-8H2. The number of piperidine rings is 1. The Hall–Kier alpha value is -1.19. The molecule has 1 aliphatic rings. The molecule has 1 saturated heterocycles. The zero-order chi connectivity index (χ0) is 16.9. The van der Waals surface area contributed by atoms with Crippen molar-refractivity contribution in [2.24, 2.45) is 5.92 Å². The second-order valence-electron chi connectivity index (χ2n) is 5.27. The maximum Gasteiger partial charge on any atom is 0.391 e. The first-order valence-electron chi connectivity index (χ1n) is 6.33. The highest BCUT2D eigenvalue weighted by atomic mass is 32.5. The molecule has 0 bridgehead atoms. The van der Waals surface area contributed by atoms with Crippen LogP contribution in [-0.4, -0.2) is 19.3 Å². The summed E-state index contributed by atoms with van der Waals surface area (Å²) in [6.07, 6.45) is -4.64. The molecule has 10 heteroatoms. The molecule has 1 heterocycles. The summed E-state index contributed by atoms with van der Waals surface area (Å²) in [5.74, 6) is -1.44. The molecule has 128 valence electrons. The van der Waals surface area contributed by atoms with Crippen LogP contribution in [0.1, 0.15) is 12.8 Å². The van der Waals surface area contributed by atoms with E-state index in [2.05, 4.69) is 0 Å². The minimum absolute atomic E-state index is 0.0138. The zero-order valence-corrected chi connectivity index (χ0v) is 11.9. The van der Waals surface area contributed by atoms with Crippen molar-refractivity contribution in [2.75, 3.05) is 18.0 Å². The predicted molar refractivity (Wildman–Crippen MR) is 68.8 cm³/mol. The molecule has 0 saturated carbocycles. The quantitative estimate of drug-likeness (QED) is 0.578. The molecule has 0 aliphatic carbocycles. The molecule has 0 spiro atoms. The van der Waals surface area contributed by atoms with Crippen LogP contribution in [0.25, 0.3) is 0 Å². The van der Waals surface area contributed by atoms with Crippen LogP contribution in [0, 0.1) is 5.92 Å². The molecule has 1 nitrogen and oxygen atoms in total. The number of alkyl halides is 3. The van der Waals surface area contributed by atoms with E-state index in [1.165, 1.54) is 4.90 Å². The average Bonchev–Trinajstić information content (AvgIpc) is 2.35. The molecule has 1 fully saturated rings. The molecule has 2 rings (SSSR count). The molecule has 1 aliphatic heterocycles. The van der Waals surface area contributed by atoms with Gasteiger partial charge in [-0.25, -0.2) is 0 Å². The van der Waals surface area contributed by atoms with Crippen LogP contribution in [-0.2, 0) is 0 Å². The van der Waals surface area contributed by atoms with Gasteiger partial charge in [-0.15, -0.1) is 0 Å². The summed E-state index contributed by atoms with van der Waals surface area (Å²) >= 11 is 0. The molecule has 0 amide bonds. The second-order valence-corrected chi connectivity index (χ2v) is 7.68. The van der Waals surface area contributed by atoms with E-state index < -0.39 is 27.2 Å². The summed E-state index contributed by atoms with van der Waals surface area (Å²) in [6.45, 7) is 0.0276. The van der Waals surface area contributed by atoms with Gasteiger partial charge >= 0.3 is 16.4 Å². The van der Waals surface area contributed by atoms with Gasteiger partial charge in [-0.3, -0.25) is 0 Å². The van der Waals surface area contributed by atoms with Crippen LogP contribution in [0.5, 0.6) is 0 Å². The fourth-order valence-electron chi connectivity index (χ4n) is 2.38. The van der Waals surface area contributed by atoms with E-state index in [1.807, 2.05) is 0 Å². The topological polar surface area (TPSA) is 3.24 Å². The van der Waals surface area contributed by atoms with Crippen LogP contribution in [0.2, 0.25) is 0 Å². The molecular formula is C12H13F8NS. The van der Waals surface area contributed by atoms with Gasteiger partial charge in [0.25, 0.3) is 0 Å². The Bertz CT molecular complexity index is 539. The Morgan fingerprint density at radius 2 is 1.32 bits per heavy atom. The molecule has 1 aromatic carbocycles. The van der Waals surface area contributed by atoms with Crippen molar-refractivity contribution in [3.63, 3.8) is 0 Å². The van der Waals surface area contributed by atoms with E-state index in [0.717, 1.165) is 12.1 Å². The third kappa shape index (κ3) is 3.96. The summed E-state index contributed by atoms with van der Waals surface area (Å²) in [5, 5.41) is 0. The summed E-state index contributed by atoms with van der Waals surface area (Å²) in [4.78, 5) is -0.550. The first kappa shape index (κ1) is 17.2. The van der Waals surface area contributed by atoms with E-state index in [4.69, 9.17) is 0 Å². The Labute approximate surface area is 121 Å². The molecule has 0 unspecified atom stereocenters. The smallest absolute Gasteiger partial charge is 0.372 e. The van der Waals surface area contributed by atoms with Gasteiger partial charge in [0.15, 0.2) is 0 Å². The van der Waals surface area contributed by atoms with Crippen molar-refractivity contribution in [3.8, 4) is 0 Å². The lowest BCUT2D eigenvalue weighted by atomic mass is 9.96. The molecule has 1 aromatic rings. The van der Waals surface area contributed by atoms with Crippen molar-refractivity contribution in [1.29, 1.82) is 0 Å².